The number of amides is 1. The third-order valence-electron chi connectivity index (χ3n) is 5.87. The van der Waals surface area contributed by atoms with Crippen molar-refractivity contribution in [3.05, 3.63) is 102 Å². The van der Waals surface area contributed by atoms with Crippen LogP contribution in [0.3, 0.4) is 0 Å². The van der Waals surface area contributed by atoms with E-state index in [1.807, 2.05) is 97.9 Å². The number of hydrogen-bond acceptors (Lipinski definition) is 5. The zero-order valence-corrected chi connectivity index (χ0v) is 20.1. The van der Waals surface area contributed by atoms with Gasteiger partial charge in [0.2, 0.25) is 0 Å². The van der Waals surface area contributed by atoms with E-state index in [2.05, 4.69) is 15.4 Å². The van der Waals surface area contributed by atoms with Crippen LogP contribution in [0.1, 0.15) is 15.9 Å². The first kappa shape index (κ1) is 23.3. The zero-order chi connectivity index (χ0) is 24.9. The molecule has 5 aromatic rings. The van der Waals surface area contributed by atoms with Gasteiger partial charge in [0, 0.05) is 23.9 Å². The van der Waals surface area contributed by atoms with E-state index in [4.69, 9.17) is 9.47 Å². The molecule has 0 fully saturated rings. The molecule has 1 N–H and O–H groups in total. The molecule has 0 saturated carbocycles. The molecule has 1 amide bonds. The number of carbonyl (C=O) groups excluding carboxylic acids is 1. The van der Waals surface area contributed by atoms with Crippen LogP contribution in [-0.2, 0) is 4.74 Å². The molecule has 4 aromatic carbocycles. The van der Waals surface area contributed by atoms with E-state index in [0.717, 1.165) is 27.6 Å². The summed E-state index contributed by atoms with van der Waals surface area (Å²) in [4.78, 5) is 17.5. The molecule has 7 nitrogen and oxygen atoms in total. The van der Waals surface area contributed by atoms with E-state index >= 15 is 0 Å². The predicted molar refractivity (Wildman–Crippen MR) is 141 cm³/mol. The molecule has 1 heterocycles. The van der Waals surface area contributed by atoms with Gasteiger partial charge in [-0.2, -0.15) is 4.98 Å². The Hall–Kier alpha value is -4.49. The average molecular weight is 479 g/mol. The van der Waals surface area contributed by atoms with Crippen molar-refractivity contribution in [2.24, 2.45) is 0 Å². The molecule has 180 valence electrons. The second kappa shape index (κ2) is 10.4. The summed E-state index contributed by atoms with van der Waals surface area (Å²) in [6, 6.07) is 29.4. The number of rotatable bonds is 8. The number of carbonyl (C=O) groups is 1. The minimum atomic E-state index is -0.163. The van der Waals surface area contributed by atoms with Crippen LogP contribution in [0.4, 0.5) is 5.69 Å². The summed E-state index contributed by atoms with van der Waals surface area (Å²) in [5.74, 6) is 0.511. The van der Waals surface area contributed by atoms with E-state index < -0.39 is 0 Å². The fourth-order valence-corrected chi connectivity index (χ4v) is 3.97. The lowest BCUT2D eigenvalue weighted by Crippen LogP contribution is -2.12. The molecular formula is C29H26N4O3. The monoisotopic (exact) mass is 478 g/mol. The number of benzene rings is 4. The molecule has 5 rings (SSSR count). The number of aromatic nitrogens is 3. The smallest absolute Gasteiger partial charge is 0.336 e. The quantitative estimate of drug-likeness (QED) is 0.291. The fourth-order valence-electron chi connectivity index (χ4n) is 3.97. The van der Waals surface area contributed by atoms with Crippen molar-refractivity contribution in [1.82, 2.24) is 14.8 Å². The van der Waals surface area contributed by atoms with Crippen molar-refractivity contribution < 1.29 is 14.3 Å². The maximum atomic E-state index is 12.9. The van der Waals surface area contributed by atoms with Gasteiger partial charge in [-0.25, -0.2) is 4.68 Å². The van der Waals surface area contributed by atoms with Crippen molar-refractivity contribution in [2.75, 3.05) is 25.6 Å². The van der Waals surface area contributed by atoms with Gasteiger partial charge in [-0.05, 0) is 59.7 Å². The van der Waals surface area contributed by atoms with Crippen LogP contribution in [0.15, 0.2) is 91.0 Å². The molecule has 7 heteroatoms. The van der Waals surface area contributed by atoms with Crippen molar-refractivity contribution in [2.45, 2.75) is 6.92 Å². The first-order valence-corrected chi connectivity index (χ1v) is 11.7. The number of nitrogens with one attached hydrogen (secondary N) is 1. The topological polar surface area (TPSA) is 78.3 Å². The summed E-state index contributed by atoms with van der Waals surface area (Å²) in [6.45, 7) is 2.83. The summed E-state index contributed by atoms with van der Waals surface area (Å²) in [5.41, 5.74) is 4.12. The van der Waals surface area contributed by atoms with Crippen LogP contribution in [0.2, 0.25) is 0 Å². The Morgan fingerprint density at radius 1 is 0.889 bits per heavy atom. The van der Waals surface area contributed by atoms with Crippen molar-refractivity contribution >= 4 is 22.4 Å². The molecule has 0 atom stereocenters. The van der Waals surface area contributed by atoms with Crippen LogP contribution in [0.5, 0.6) is 6.01 Å². The maximum Gasteiger partial charge on any atom is 0.336 e. The van der Waals surface area contributed by atoms with Crippen molar-refractivity contribution in [1.29, 1.82) is 0 Å². The molecule has 0 aliphatic carbocycles. The normalized spacial score (nSPS) is 10.9. The largest absolute Gasteiger partial charge is 0.460 e. The summed E-state index contributed by atoms with van der Waals surface area (Å²) >= 11 is 0. The van der Waals surface area contributed by atoms with Crippen LogP contribution in [0.25, 0.3) is 27.8 Å². The third-order valence-corrected chi connectivity index (χ3v) is 5.87. The Kier molecular flexibility index (Phi) is 6.73. The lowest BCUT2D eigenvalue weighted by molar-refractivity contribution is 0.102. The first-order chi connectivity index (χ1) is 17.6. The fraction of sp³-hybridized carbons (Fsp3) is 0.138. The van der Waals surface area contributed by atoms with E-state index in [9.17, 15) is 4.79 Å². The minimum absolute atomic E-state index is 0.163. The number of ether oxygens (including phenoxy) is 2. The number of aryl methyl sites for hydroxylation is 1. The van der Waals surface area contributed by atoms with Gasteiger partial charge in [-0.3, -0.25) is 4.79 Å². The average Bonchev–Trinajstić information content (AvgIpc) is 3.33. The highest BCUT2D eigenvalue weighted by Gasteiger charge is 2.16. The summed E-state index contributed by atoms with van der Waals surface area (Å²) in [5, 5.41) is 9.68. The van der Waals surface area contributed by atoms with Crippen LogP contribution in [0, 0.1) is 6.92 Å². The van der Waals surface area contributed by atoms with Gasteiger partial charge in [-0.1, -0.05) is 54.6 Å². The minimum Gasteiger partial charge on any atom is -0.460 e. The summed E-state index contributed by atoms with van der Waals surface area (Å²) in [6.07, 6.45) is 0. The van der Waals surface area contributed by atoms with Gasteiger partial charge in [0.1, 0.15) is 6.61 Å². The Bertz CT molecular complexity index is 1510. The van der Waals surface area contributed by atoms with Gasteiger partial charge in [0.25, 0.3) is 5.91 Å². The van der Waals surface area contributed by atoms with Gasteiger partial charge in [0.15, 0.2) is 5.82 Å². The van der Waals surface area contributed by atoms with Gasteiger partial charge >= 0.3 is 6.01 Å². The molecular weight excluding hydrogens is 452 g/mol. The van der Waals surface area contributed by atoms with Gasteiger partial charge in [-0.15, -0.1) is 5.10 Å². The Morgan fingerprint density at radius 2 is 1.64 bits per heavy atom. The molecule has 0 radical (unpaired) electrons. The van der Waals surface area contributed by atoms with Crippen molar-refractivity contribution in [3.63, 3.8) is 0 Å². The first-order valence-electron chi connectivity index (χ1n) is 11.7. The lowest BCUT2D eigenvalue weighted by Gasteiger charge is -2.10. The molecule has 0 spiro atoms. The van der Waals surface area contributed by atoms with E-state index in [0.29, 0.717) is 30.3 Å². The number of hydrogen-bond donors (Lipinski definition) is 1. The van der Waals surface area contributed by atoms with Crippen LogP contribution in [-0.4, -0.2) is 41.0 Å². The highest BCUT2D eigenvalue weighted by atomic mass is 16.5. The third kappa shape index (κ3) is 4.96. The molecule has 0 saturated heterocycles. The van der Waals surface area contributed by atoms with E-state index in [1.54, 1.807) is 11.8 Å². The highest BCUT2D eigenvalue weighted by Crippen LogP contribution is 2.27. The molecule has 0 aliphatic heterocycles. The highest BCUT2D eigenvalue weighted by molar-refractivity contribution is 6.06. The number of fused-ring (bicyclic) bond motifs is 1. The molecule has 1 aromatic heterocycles. The molecule has 36 heavy (non-hydrogen) atoms. The summed E-state index contributed by atoms with van der Waals surface area (Å²) in [7, 11) is 1.62. The SMILES string of the molecule is COCCOc1nc(-c2ccccc2C)n(-c2ccc(NC(=O)c3ccc4ccccc4c3)cc2)n1. The van der Waals surface area contributed by atoms with E-state index in [-0.39, 0.29) is 11.9 Å². The Morgan fingerprint density at radius 3 is 2.42 bits per heavy atom. The van der Waals surface area contributed by atoms with Gasteiger partial charge < -0.3 is 14.8 Å². The zero-order valence-electron chi connectivity index (χ0n) is 20.1. The number of methoxy groups -OCH3 is 1. The molecule has 0 unspecified atom stereocenters. The Labute approximate surface area is 209 Å². The standard InChI is InChI=1S/C29H26N4O3/c1-20-7-3-6-10-26(20)27-31-29(36-18-17-35-2)32-33(27)25-15-13-24(14-16-25)30-28(34)23-12-11-21-8-4-5-9-22(21)19-23/h3-16,19H,17-18H2,1-2H3,(H,30,34). The lowest BCUT2D eigenvalue weighted by atomic mass is 10.1. The molecule has 0 aliphatic rings. The second-order valence-corrected chi connectivity index (χ2v) is 8.35. The number of anilines is 1. The molecule has 0 bridgehead atoms. The van der Waals surface area contributed by atoms with Crippen molar-refractivity contribution in [3.8, 4) is 23.1 Å². The van der Waals surface area contributed by atoms with Gasteiger partial charge in [0.05, 0.1) is 12.3 Å². The second-order valence-electron chi connectivity index (χ2n) is 8.35. The van der Waals surface area contributed by atoms with Crippen LogP contribution >= 0.6 is 0 Å². The van der Waals surface area contributed by atoms with Crippen LogP contribution < -0.4 is 10.1 Å². The van der Waals surface area contributed by atoms with E-state index in [1.165, 1.54) is 0 Å². The maximum absolute atomic E-state index is 12.9. The number of nitrogens with zero attached hydrogens (tertiary/aromatic N) is 3. The Balaban J connectivity index is 1.40. The summed E-state index contributed by atoms with van der Waals surface area (Å²) < 4.78 is 12.5. The predicted octanol–water partition coefficient (Wildman–Crippen LogP) is 5.67.